The van der Waals surface area contributed by atoms with Crippen LogP contribution in [0.3, 0.4) is 0 Å². The summed E-state index contributed by atoms with van der Waals surface area (Å²) in [5.74, 6) is 1.47. The normalized spacial score (nSPS) is 28.1. The van der Waals surface area contributed by atoms with E-state index < -0.39 is 0 Å². The lowest BCUT2D eigenvalue weighted by Crippen LogP contribution is -2.42. The molecule has 1 heterocycles. The summed E-state index contributed by atoms with van der Waals surface area (Å²) < 4.78 is 1.05. The molecule has 0 aliphatic heterocycles. The molecule has 3 unspecified atom stereocenters. The van der Waals surface area contributed by atoms with Crippen LogP contribution in [0.1, 0.15) is 48.3 Å². The number of carbonyl (C=O) groups is 1. The highest BCUT2D eigenvalue weighted by atomic mass is 79.9. The first-order valence-electron chi connectivity index (χ1n) is 6.54. The van der Waals surface area contributed by atoms with E-state index in [4.69, 9.17) is 0 Å². The monoisotopic (exact) mass is 329 g/mol. The van der Waals surface area contributed by atoms with Crippen LogP contribution in [0.25, 0.3) is 0 Å². The average Bonchev–Trinajstić information content (AvgIpc) is 2.63. The van der Waals surface area contributed by atoms with Crippen LogP contribution in [-0.2, 0) is 0 Å². The molecule has 2 nitrogen and oxygen atoms in total. The van der Waals surface area contributed by atoms with E-state index in [2.05, 4.69) is 35.1 Å². The van der Waals surface area contributed by atoms with Gasteiger partial charge in [0.25, 0.3) is 5.91 Å². The first-order valence-corrected chi connectivity index (χ1v) is 8.15. The summed E-state index contributed by atoms with van der Waals surface area (Å²) in [6, 6.07) is 2.30. The Morgan fingerprint density at radius 3 is 2.72 bits per heavy atom. The standard InChI is InChI=1S/C14H20BrNOS/c1-8-4-5-11(9(2)6-8)16-14(17)12-7-10(3)13(15)18-12/h7-9,11H,4-6H2,1-3H3,(H,16,17). The van der Waals surface area contributed by atoms with Crippen molar-refractivity contribution in [2.75, 3.05) is 0 Å². The van der Waals surface area contributed by atoms with Crippen LogP contribution in [0.2, 0.25) is 0 Å². The number of carbonyl (C=O) groups excluding carboxylic acids is 1. The highest BCUT2D eigenvalue weighted by Gasteiger charge is 2.27. The molecule has 3 atom stereocenters. The Labute approximate surface area is 121 Å². The summed E-state index contributed by atoms with van der Waals surface area (Å²) in [7, 11) is 0. The number of amides is 1. The summed E-state index contributed by atoms with van der Waals surface area (Å²) in [6.45, 7) is 6.56. The highest BCUT2D eigenvalue weighted by Crippen LogP contribution is 2.30. The Balaban J connectivity index is 1.99. The number of aryl methyl sites for hydroxylation is 1. The third-order valence-corrected chi connectivity index (χ3v) is 5.96. The predicted octanol–water partition coefficient (Wildman–Crippen LogP) is 4.37. The first kappa shape index (κ1) is 14.1. The Morgan fingerprint density at radius 2 is 2.17 bits per heavy atom. The Hall–Kier alpha value is -0.350. The van der Waals surface area contributed by atoms with Crippen LogP contribution >= 0.6 is 27.3 Å². The number of rotatable bonds is 2. The van der Waals surface area contributed by atoms with Crippen LogP contribution in [0.4, 0.5) is 0 Å². The molecule has 1 saturated carbocycles. The number of nitrogens with one attached hydrogen (secondary N) is 1. The smallest absolute Gasteiger partial charge is 0.261 e. The van der Waals surface area contributed by atoms with Crippen LogP contribution in [-0.4, -0.2) is 11.9 Å². The average molecular weight is 330 g/mol. The lowest BCUT2D eigenvalue weighted by molar-refractivity contribution is 0.0903. The highest BCUT2D eigenvalue weighted by molar-refractivity contribution is 9.11. The van der Waals surface area contributed by atoms with Crippen molar-refractivity contribution in [3.05, 3.63) is 20.3 Å². The van der Waals surface area contributed by atoms with Gasteiger partial charge >= 0.3 is 0 Å². The van der Waals surface area contributed by atoms with Gasteiger partial charge in [-0.05, 0) is 65.6 Å². The zero-order valence-corrected chi connectivity index (χ0v) is 13.5. The van der Waals surface area contributed by atoms with E-state index in [1.807, 2.05) is 13.0 Å². The fourth-order valence-corrected chi connectivity index (χ4v) is 4.13. The molecule has 0 bridgehead atoms. The molecule has 18 heavy (non-hydrogen) atoms. The molecule has 0 aromatic carbocycles. The van der Waals surface area contributed by atoms with Gasteiger partial charge in [0.05, 0.1) is 8.66 Å². The summed E-state index contributed by atoms with van der Waals surface area (Å²) >= 11 is 4.99. The van der Waals surface area contributed by atoms with Gasteiger partial charge in [-0.2, -0.15) is 0 Å². The van der Waals surface area contributed by atoms with Crippen molar-refractivity contribution in [3.8, 4) is 0 Å². The van der Waals surface area contributed by atoms with E-state index in [1.54, 1.807) is 0 Å². The van der Waals surface area contributed by atoms with Gasteiger partial charge in [0.1, 0.15) is 0 Å². The minimum absolute atomic E-state index is 0.0835. The van der Waals surface area contributed by atoms with Gasteiger partial charge in [-0.3, -0.25) is 4.79 Å². The van der Waals surface area contributed by atoms with Gasteiger partial charge in [0, 0.05) is 6.04 Å². The van der Waals surface area contributed by atoms with E-state index in [9.17, 15) is 4.79 Å². The van der Waals surface area contributed by atoms with Crippen molar-refractivity contribution in [2.24, 2.45) is 11.8 Å². The molecule has 1 fully saturated rings. The third-order valence-electron chi connectivity index (χ3n) is 3.83. The Morgan fingerprint density at radius 1 is 1.44 bits per heavy atom. The van der Waals surface area contributed by atoms with Gasteiger partial charge in [0.2, 0.25) is 0 Å². The van der Waals surface area contributed by atoms with E-state index in [0.717, 1.165) is 26.6 Å². The second kappa shape index (κ2) is 5.74. The molecule has 100 valence electrons. The maximum atomic E-state index is 12.2. The molecular formula is C14H20BrNOS. The molecule has 1 aromatic rings. The quantitative estimate of drug-likeness (QED) is 0.857. The summed E-state index contributed by atoms with van der Waals surface area (Å²) in [5, 5.41) is 3.20. The molecule has 0 saturated heterocycles. The van der Waals surface area contributed by atoms with Crippen molar-refractivity contribution < 1.29 is 4.79 Å². The zero-order chi connectivity index (χ0) is 13.3. The predicted molar refractivity (Wildman–Crippen MR) is 80.2 cm³/mol. The fourth-order valence-electron chi connectivity index (χ4n) is 2.69. The van der Waals surface area contributed by atoms with Crippen LogP contribution in [0, 0.1) is 18.8 Å². The van der Waals surface area contributed by atoms with Gasteiger partial charge in [-0.25, -0.2) is 0 Å². The minimum atomic E-state index is 0.0835. The van der Waals surface area contributed by atoms with Gasteiger partial charge in [0.15, 0.2) is 0 Å². The summed E-state index contributed by atoms with van der Waals surface area (Å²) in [6.07, 6.45) is 3.56. The van der Waals surface area contributed by atoms with Gasteiger partial charge < -0.3 is 5.32 Å². The Bertz CT molecular complexity index is 424. The largest absolute Gasteiger partial charge is 0.348 e. The first-order chi connectivity index (χ1) is 8.47. The molecule has 1 aliphatic carbocycles. The molecule has 1 aromatic heterocycles. The number of thiophene rings is 1. The van der Waals surface area contributed by atoms with Crippen LogP contribution < -0.4 is 5.32 Å². The second-order valence-electron chi connectivity index (χ2n) is 5.54. The van der Waals surface area contributed by atoms with Crippen molar-refractivity contribution in [1.82, 2.24) is 5.32 Å². The molecule has 2 rings (SSSR count). The van der Waals surface area contributed by atoms with Crippen molar-refractivity contribution >= 4 is 33.2 Å². The maximum Gasteiger partial charge on any atom is 0.261 e. The van der Waals surface area contributed by atoms with E-state index >= 15 is 0 Å². The van der Waals surface area contributed by atoms with E-state index in [-0.39, 0.29) is 5.91 Å². The summed E-state index contributed by atoms with van der Waals surface area (Å²) in [5.41, 5.74) is 1.13. The number of hydrogen-bond acceptors (Lipinski definition) is 2. The molecule has 0 spiro atoms. The summed E-state index contributed by atoms with van der Waals surface area (Å²) in [4.78, 5) is 13.0. The zero-order valence-electron chi connectivity index (χ0n) is 11.1. The number of halogens is 1. The number of hydrogen-bond donors (Lipinski definition) is 1. The molecule has 4 heteroatoms. The molecule has 1 aliphatic rings. The maximum absolute atomic E-state index is 12.2. The van der Waals surface area contributed by atoms with Crippen molar-refractivity contribution in [1.29, 1.82) is 0 Å². The molecular weight excluding hydrogens is 310 g/mol. The SMILES string of the molecule is Cc1cc(C(=O)NC2CCC(C)CC2C)sc1Br. The lowest BCUT2D eigenvalue weighted by Gasteiger charge is -2.33. The van der Waals surface area contributed by atoms with Crippen LogP contribution in [0.5, 0.6) is 0 Å². The van der Waals surface area contributed by atoms with E-state index in [0.29, 0.717) is 12.0 Å². The molecule has 1 amide bonds. The second-order valence-corrected chi connectivity index (χ2v) is 7.91. The van der Waals surface area contributed by atoms with E-state index in [1.165, 1.54) is 24.2 Å². The third kappa shape index (κ3) is 3.15. The molecule has 0 radical (unpaired) electrons. The molecule has 1 N–H and O–H groups in total. The van der Waals surface area contributed by atoms with Gasteiger partial charge in [-0.1, -0.05) is 13.8 Å². The van der Waals surface area contributed by atoms with Crippen molar-refractivity contribution in [3.63, 3.8) is 0 Å². The van der Waals surface area contributed by atoms with Crippen LogP contribution in [0.15, 0.2) is 9.85 Å². The Kier molecular flexibility index (Phi) is 4.49. The fraction of sp³-hybridized carbons (Fsp3) is 0.643. The van der Waals surface area contributed by atoms with Gasteiger partial charge in [-0.15, -0.1) is 11.3 Å². The lowest BCUT2D eigenvalue weighted by atomic mass is 9.80. The minimum Gasteiger partial charge on any atom is -0.348 e. The van der Waals surface area contributed by atoms with Crippen molar-refractivity contribution in [2.45, 2.75) is 46.1 Å². The topological polar surface area (TPSA) is 29.1 Å².